The maximum absolute atomic E-state index is 14.0. The van der Waals surface area contributed by atoms with Crippen LogP contribution in [0.25, 0.3) is 0 Å². The molecule has 1 heterocycles. The Morgan fingerprint density at radius 2 is 1.53 bits per heavy atom. The maximum atomic E-state index is 14.0. The molecule has 2 fully saturated rings. The summed E-state index contributed by atoms with van der Waals surface area (Å²) in [5, 5.41) is 2.98. The van der Waals surface area contributed by atoms with Crippen LogP contribution >= 0.6 is 7.26 Å². The lowest BCUT2D eigenvalue weighted by Gasteiger charge is -2.48. The Balaban J connectivity index is 1.58. The molecule has 4 nitrogen and oxygen atoms in total. The molecule has 1 aliphatic heterocycles. The van der Waals surface area contributed by atoms with Crippen molar-refractivity contribution in [3.63, 3.8) is 0 Å². The highest BCUT2D eigenvalue weighted by molar-refractivity contribution is 7.79. The normalized spacial score (nSPS) is 18.9. The molecule has 0 aromatic heterocycles. The number of carbonyl (C=O) groups excluding carboxylic acids is 2. The zero-order valence-corrected chi connectivity index (χ0v) is 21.9. The van der Waals surface area contributed by atoms with Crippen molar-refractivity contribution in [2.45, 2.75) is 77.5 Å². The van der Waals surface area contributed by atoms with Gasteiger partial charge in [0.2, 0.25) is 0 Å². The third-order valence-corrected chi connectivity index (χ3v) is 13.7. The molecular formula is C29H39NO3P+. The Morgan fingerprint density at radius 1 is 0.912 bits per heavy atom. The van der Waals surface area contributed by atoms with E-state index in [0.29, 0.717) is 12.8 Å². The van der Waals surface area contributed by atoms with Crippen LogP contribution in [0.5, 0.6) is 0 Å². The van der Waals surface area contributed by atoms with E-state index < -0.39 is 7.26 Å². The molecule has 0 atom stereocenters. The van der Waals surface area contributed by atoms with Crippen LogP contribution < -0.4 is 5.32 Å². The lowest BCUT2D eigenvalue weighted by molar-refractivity contribution is -0.141. The maximum Gasteiger partial charge on any atom is 0.344 e. The van der Waals surface area contributed by atoms with Gasteiger partial charge in [0.1, 0.15) is 6.61 Å². The second-order valence-electron chi connectivity index (χ2n) is 10.4. The lowest BCUT2D eigenvalue weighted by atomic mass is 9.83. The number of hydrogen-bond donors (Lipinski definition) is 1. The fraction of sp³-hybridized carbons (Fsp3) is 0.517. The van der Waals surface area contributed by atoms with Crippen molar-refractivity contribution in [2.75, 3.05) is 23.8 Å². The first-order valence-electron chi connectivity index (χ1n) is 12.8. The summed E-state index contributed by atoms with van der Waals surface area (Å²) in [6.07, 6.45) is 10.0. The minimum absolute atomic E-state index is 0.124. The van der Waals surface area contributed by atoms with Gasteiger partial charge in [-0.1, -0.05) is 48.0 Å². The van der Waals surface area contributed by atoms with Crippen molar-refractivity contribution in [1.82, 2.24) is 0 Å². The summed E-state index contributed by atoms with van der Waals surface area (Å²) in [6, 6.07) is 14.1. The molecular weight excluding hydrogens is 441 g/mol. The Bertz CT molecular complexity index is 998. The smallest absolute Gasteiger partial charge is 0.344 e. The molecule has 0 bridgehead atoms. The molecule has 1 amide bonds. The molecule has 1 N–H and O–H groups in total. The van der Waals surface area contributed by atoms with E-state index in [0.717, 1.165) is 66.8 Å². The first-order valence-corrected chi connectivity index (χ1v) is 15.1. The predicted molar refractivity (Wildman–Crippen MR) is 142 cm³/mol. The molecule has 1 aliphatic carbocycles. The van der Waals surface area contributed by atoms with Gasteiger partial charge in [-0.05, 0) is 82.4 Å². The quantitative estimate of drug-likeness (QED) is 0.350. The summed E-state index contributed by atoms with van der Waals surface area (Å²) in [7, 11) is -1.87. The van der Waals surface area contributed by atoms with E-state index in [2.05, 4.69) is 38.2 Å². The summed E-state index contributed by atoms with van der Waals surface area (Å²) < 4.78 is 5.77. The van der Waals surface area contributed by atoms with Crippen LogP contribution in [-0.4, -0.2) is 35.5 Å². The van der Waals surface area contributed by atoms with Crippen LogP contribution in [-0.2, 0) is 20.9 Å². The molecule has 0 spiro atoms. The van der Waals surface area contributed by atoms with Gasteiger partial charge >= 0.3 is 5.97 Å². The average molecular weight is 481 g/mol. The van der Waals surface area contributed by atoms with Gasteiger partial charge in [0.25, 0.3) is 5.91 Å². The Hall–Kier alpha value is -2.19. The summed E-state index contributed by atoms with van der Waals surface area (Å²) >= 11 is 0. The molecule has 2 aromatic rings. The number of carbonyl (C=O) groups is 2. The van der Waals surface area contributed by atoms with Crippen molar-refractivity contribution in [2.24, 2.45) is 0 Å². The van der Waals surface area contributed by atoms with E-state index in [1.54, 1.807) is 0 Å². The van der Waals surface area contributed by atoms with Crippen LogP contribution in [0.4, 0.5) is 5.69 Å². The number of ether oxygens (including phenoxy) is 1. The third-order valence-electron chi connectivity index (χ3n) is 8.02. The molecule has 0 radical (unpaired) electrons. The van der Waals surface area contributed by atoms with Crippen LogP contribution in [0.2, 0.25) is 0 Å². The minimum atomic E-state index is -1.87. The van der Waals surface area contributed by atoms with Crippen molar-refractivity contribution in [3.8, 4) is 0 Å². The number of esters is 1. The summed E-state index contributed by atoms with van der Waals surface area (Å²) in [4.78, 5) is 27.2. The van der Waals surface area contributed by atoms with Gasteiger partial charge in [0.15, 0.2) is 11.3 Å². The first kappa shape index (κ1) is 24.9. The van der Waals surface area contributed by atoms with Crippen molar-refractivity contribution >= 4 is 24.8 Å². The van der Waals surface area contributed by atoms with Gasteiger partial charge < -0.3 is 10.1 Å². The van der Waals surface area contributed by atoms with E-state index in [9.17, 15) is 9.59 Å². The van der Waals surface area contributed by atoms with Crippen LogP contribution in [0, 0.1) is 20.8 Å². The number of amides is 1. The largest absolute Gasteiger partial charge is 0.458 e. The lowest BCUT2D eigenvalue weighted by Crippen LogP contribution is -2.53. The van der Waals surface area contributed by atoms with Gasteiger partial charge in [0, 0.05) is 12.9 Å². The monoisotopic (exact) mass is 480 g/mol. The fourth-order valence-electron chi connectivity index (χ4n) is 6.10. The second kappa shape index (κ2) is 10.6. The van der Waals surface area contributed by atoms with E-state index in [-0.39, 0.29) is 17.0 Å². The number of nitrogens with one attached hydrogen (secondary N) is 1. The van der Waals surface area contributed by atoms with E-state index >= 15 is 0 Å². The molecule has 2 aromatic carbocycles. The standard InChI is InChI=1S/C29H38NO3P/c1-22-18-23(2)27(24(3)19-22)30-28(32)29(14-11-15-29)34(16-9-4-5-10-17-34)21-26(31)33-20-25-12-7-6-8-13-25/h6-8,12-13,18-19H,4-5,9-11,14-17,20-21H2,1-3H3/p+1. The van der Waals surface area contributed by atoms with Gasteiger partial charge in [-0.3, -0.25) is 4.79 Å². The Kier molecular flexibility index (Phi) is 7.77. The van der Waals surface area contributed by atoms with Crippen molar-refractivity contribution < 1.29 is 14.3 Å². The van der Waals surface area contributed by atoms with E-state index in [1.165, 1.54) is 18.4 Å². The highest BCUT2D eigenvalue weighted by atomic mass is 31.2. The second-order valence-corrected chi connectivity index (χ2v) is 14.8. The summed E-state index contributed by atoms with van der Waals surface area (Å²) in [5.74, 6) is 0.0285. The van der Waals surface area contributed by atoms with Gasteiger partial charge in [0.05, 0.1) is 12.3 Å². The summed E-state index contributed by atoms with van der Waals surface area (Å²) in [6.45, 7) is 6.54. The number of benzene rings is 2. The first-order chi connectivity index (χ1) is 16.4. The van der Waals surface area contributed by atoms with E-state index in [4.69, 9.17) is 4.74 Å². The molecule has 5 heteroatoms. The minimum Gasteiger partial charge on any atom is -0.458 e. The molecule has 2 aliphatic rings. The van der Waals surface area contributed by atoms with E-state index in [1.807, 2.05) is 30.3 Å². The van der Waals surface area contributed by atoms with Gasteiger partial charge in [-0.25, -0.2) is 4.79 Å². The number of rotatable bonds is 7. The third kappa shape index (κ3) is 5.08. The molecule has 182 valence electrons. The van der Waals surface area contributed by atoms with Gasteiger partial charge in [-0.2, -0.15) is 0 Å². The molecule has 34 heavy (non-hydrogen) atoms. The zero-order chi connectivity index (χ0) is 24.2. The predicted octanol–water partition coefficient (Wildman–Crippen LogP) is 6.81. The number of hydrogen-bond acceptors (Lipinski definition) is 3. The van der Waals surface area contributed by atoms with Crippen LogP contribution in [0.3, 0.4) is 0 Å². The van der Waals surface area contributed by atoms with Crippen molar-refractivity contribution in [1.29, 1.82) is 0 Å². The average Bonchev–Trinajstić information content (AvgIpc) is 3.01. The van der Waals surface area contributed by atoms with Gasteiger partial charge in [-0.15, -0.1) is 0 Å². The van der Waals surface area contributed by atoms with Crippen LogP contribution in [0.1, 0.15) is 67.2 Å². The highest BCUT2D eigenvalue weighted by Gasteiger charge is 2.66. The summed E-state index contributed by atoms with van der Waals surface area (Å²) in [5.41, 5.74) is 5.37. The Labute approximate surface area is 205 Å². The number of aryl methyl sites for hydroxylation is 3. The topological polar surface area (TPSA) is 55.4 Å². The molecule has 1 saturated heterocycles. The molecule has 0 unspecified atom stereocenters. The van der Waals surface area contributed by atoms with Crippen molar-refractivity contribution in [3.05, 3.63) is 64.7 Å². The highest BCUT2D eigenvalue weighted by Crippen LogP contribution is 2.76. The zero-order valence-electron chi connectivity index (χ0n) is 21.0. The fourth-order valence-corrected chi connectivity index (χ4v) is 11.8. The molecule has 4 rings (SSSR count). The Morgan fingerprint density at radius 3 is 2.09 bits per heavy atom. The SMILES string of the molecule is Cc1cc(C)c(NC(=O)C2([P+]3(CC(=O)OCc4ccccc4)CCCCCC3)CCC2)c(C)c1. The molecule has 1 saturated carbocycles. The van der Waals surface area contributed by atoms with Crippen LogP contribution in [0.15, 0.2) is 42.5 Å². The number of anilines is 1.